The predicted octanol–water partition coefficient (Wildman–Crippen LogP) is 3.06. The van der Waals surface area contributed by atoms with Gasteiger partial charge in [-0.15, -0.1) is 11.8 Å². The van der Waals surface area contributed by atoms with Gasteiger partial charge in [-0.2, -0.15) is 0 Å². The van der Waals surface area contributed by atoms with Crippen molar-refractivity contribution in [1.82, 2.24) is 10.2 Å². The van der Waals surface area contributed by atoms with Gasteiger partial charge in [0.25, 0.3) is 0 Å². The third-order valence-electron chi connectivity index (χ3n) is 4.59. The van der Waals surface area contributed by atoms with Gasteiger partial charge in [0.05, 0.1) is 10.7 Å². The van der Waals surface area contributed by atoms with Crippen LogP contribution in [0.25, 0.3) is 0 Å². The van der Waals surface area contributed by atoms with E-state index in [0.717, 1.165) is 5.56 Å². The van der Waals surface area contributed by atoms with Crippen molar-refractivity contribution < 1.29 is 19.1 Å². The molecule has 3 unspecified atom stereocenters. The first-order valence-corrected chi connectivity index (χ1v) is 11.7. The van der Waals surface area contributed by atoms with Crippen LogP contribution < -0.4 is 5.32 Å². The second-order valence-corrected chi connectivity index (χ2v) is 12.5. The Balaban J connectivity index is 1.66. The molecule has 0 spiro atoms. The monoisotopic (exact) mass is 542 g/mol. The van der Waals surface area contributed by atoms with E-state index in [1.807, 2.05) is 30.3 Å². The fourth-order valence-corrected chi connectivity index (χ4v) is 5.67. The minimum Gasteiger partial charge on any atom is -0.460 e. The van der Waals surface area contributed by atoms with Crippen LogP contribution in [-0.2, 0) is 25.5 Å². The number of hydrogen-bond acceptors (Lipinski definition) is 5. The van der Waals surface area contributed by atoms with E-state index in [1.165, 1.54) is 16.7 Å². The Morgan fingerprint density at radius 1 is 1.34 bits per heavy atom. The number of alkyl halides is 4. The Morgan fingerprint density at radius 2 is 2.00 bits per heavy atom. The highest BCUT2D eigenvalue weighted by Gasteiger charge is 2.61. The van der Waals surface area contributed by atoms with Crippen LogP contribution in [0.15, 0.2) is 30.3 Å². The van der Waals surface area contributed by atoms with E-state index in [1.54, 1.807) is 6.92 Å². The first-order valence-electron chi connectivity index (χ1n) is 8.69. The van der Waals surface area contributed by atoms with E-state index in [0.29, 0.717) is 5.75 Å². The van der Waals surface area contributed by atoms with Crippen molar-refractivity contribution in [2.24, 2.45) is 0 Å². The van der Waals surface area contributed by atoms with Gasteiger partial charge < -0.3 is 15.0 Å². The summed E-state index contributed by atoms with van der Waals surface area (Å²) in [6.45, 7) is 1.37. The number of benzene rings is 1. The summed E-state index contributed by atoms with van der Waals surface area (Å²) in [5.74, 6) is -0.731. The first-order chi connectivity index (χ1) is 13.5. The molecule has 3 rings (SSSR count). The molecular formula is C18H18BrCl3N2O4S. The van der Waals surface area contributed by atoms with E-state index < -0.39 is 32.8 Å². The van der Waals surface area contributed by atoms with Crippen LogP contribution in [0.3, 0.4) is 0 Å². The van der Waals surface area contributed by atoms with E-state index >= 15 is 0 Å². The summed E-state index contributed by atoms with van der Waals surface area (Å²) >= 11 is 22.0. The highest BCUT2D eigenvalue weighted by molar-refractivity contribution is 9.10. The van der Waals surface area contributed by atoms with Gasteiger partial charge in [-0.05, 0) is 12.5 Å². The molecule has 158 valence electrons. The molecule has 2 heterocycles. The van der Waals surface area contributed by atoms with Gasteiger partial charge in [-0.1, -0.05) is 81.1 Å². The summed E-state index contributed by atoms with van der Waals surface area (Å²) in [4.78, 5) is 39.2. The number of hydrogen-bond donors (Lipinski definition) is 1. The topological polar surface area (TPSA) is 75.7 Å². The Morgan fingerprint density at radius 3 is 2.62 bits per heavy atom. The van der Waals surface area contributed by atoms with Crippen molar-refractivity contribution in [3.8, 4) is 0 Å². The lowest BCUT2D eigenvalue weighted by Crippen LogP contribution is -2.78. The molecule has 0 aromatic heterocycles. The molecule has 2 saturated heterocycles. The molecule has 0 radical (unpaired) electrons. The molecule has 2 amide bonds. The molecule has 1 aromatic rings. The largest absolute Gasteiger partial charge is 0.460 e. The fourth-order valence-electron chi connectivity index (χ4n) is 3.28. The molecule has 1 aromatic carbocycles. The van der Waals surface area contributed by atoms with Crippen molar-refractivity contribution in [1.29, 1.82) is 0 Å². The molecule has 0 saturated carbocycles. The van der Waals surface area contributed by atoms with Crippen LogP contribution >= 0.6 is 62.5 Å². The number of esters is 1. The Bertz CT molecular complexity index is 806. The zero-order valence-electron chi connectivity index (χ0n) is 15.2. The number of nitrogens with one attached hydrogen (secondary N) is 1. The maximum atomic E-state index is 12.8. The van der Waals surface area contributed by atoms with Gasteiger partial charge in [0.15, 0.2) is 0 Å². The number of fused-ring (bicyclic) bond motifs is 1. The number of carbonyl (C=O) groups is 3. The summed E-state index contributed by atoms with van der Waals surface area (Å²) in [5.41, 5.74) is 0.853. The van der Waals surface area contributed by atoms with Gasteiger partial charge in [-0.3, -0.25) is 9.59 Å². The molecule has 4 atom stereocenters. The average Bonchev–Trinajstić information content (AvgIpc) is 2.63. The molecule has 2 fully saturated rings. The van der Waals surface area contributed by atoms with Crippen LogP contribution in [0.5, 0.6) is 0 Å². The zero-order valence-corrected chi connectivity index (χ0v) is 19.9. The van der Waals surface area contributed by atoms with Crippen molar-refractivity contribution in [3.05, 3.63) is 35.9 Å². The van der Waals surface area contributed by atoms with Gasteiger partial charge in [0, 0.05) is 5.75 Å². The van der Waals surface area contributed by atoms with Crippen LogP contribution in [-0.4, -0.2) is 60.6 Å². The summed E-state index contributed by atoms with van der Waals surface area (Å²) in [7, 11) is 0. The minimum atomic E-state index is -1.74. The third-order valence-corrected chi connectivity index (χ3v) is 7.61. The molecule has 2 aliphatic heterocycles. The van der Waals surface area contributed by atoms with Gasteiger partial charge in [0.2, 0.25) is 15.6 Å². The molecule has 0 bridgehead atoms. The number of carbonyl (C=O) groups excluding carboxylic acids is 3. The van der Waals surface area contributed by atoms with Gasteiger partial charge >= 0.3 is 5.97 Å². The molecule has 0 aliphatic carbocycles. The molecule has 6 nitrogen and oxygen atoms in total. The SMILES string of the molecule is CC1(Br)CS[C@H]2C(NC(=O)Cc3ccccc3)C(=O)N2C1C(=O)OCC(Cl)(Cl)Cl. The number of nitrogens with zero attached hydrogens (tertiary/aromatic N) is 1. The van der Waals surface area contributed by atoms with E-state index in [4.69, 9.17) is 39.5 Å². The summed E-state index contributed by atoms with van der Waals surface area (Å²) < 4.78 is 2.67. The highest BCUT2D eigenvalue weighted by atomic mass is 79.9. The quantitative estimate of drug-likeness (QED) is 0.350. The van der Waals surface area contributed by atoms with Crippen LogP contribution in [0.2, 0.25) is 0 Å². The van der Waals surface area contributed by atoms with Crippen molar-refractivity contribution in [2.75, 3.05) is 12.4 Å². The van der Waals surface area contributed by atoms with E-state index in [9.17, 15) is 14.4 Å². The number of β-lactam (4-membered cyclic amide) rings is 1. The Labute approximate surface area is 196 Å². The standard InChI is InChI=1S/C18H18BrCl3N2O4S/c1-17(19)9-29-15-12(23-11(25)7-10-5-3-2-4-6-10)14(26)24(15)13(17)16(27)28-8-18(20,21)22/h2-6,12-13,15H,7-9H2,1H3,(H,23,25)/t12?,13?,15-,17?/m0/s1. The number of halogens is 4. The summed E-state index contributed by atoms with van der Waals surface area (Å²) in [5, 5.41) is 2.41. The Hall–Kier alpha value is -0.670. The van der Waals surface area contributed by atoms with Gasteiger partial charge in [-0.25, -0.2) is 4.79 Å². The van der Waals surface area contributed by atoms with Crippen molar-refractivity contribution in [2.45, 2.75) is 38.9 Å². The lowest BCUT2D eigenvalue weighted by molar-refractivity contribution is -0.166. The normalized spacial score (nSPS) is 28.9. The minimum absolute atomic E-state index is 0.173. The Kier molecular flexibility index (Phi) is 7.00. The van der Waals surface area contributed by atoms with Crippen molar-refractivity contribution >= 4 is 80.3 Å². The average molecular weight is 545 g/mol. The second kappa shape index (κ2) is 8.83. The molecule has 29 heavy (non-hydrogen) atoms. The van der Waals surface area contributed by atoms with E-state index in [2.05, 4.69) is 21.2 Å². The molecule has 11 heteroatoms. The smallest absolute Gasteiger partial charge is 0.330 e. The zero-order chi connectivity index (χ0) is 21.4. The summed E-state index contributed by atoms with van der Waals surface area (Å²) in [6.07, 6.45) is 0.173. The maximum Gasteiger partial charge on any atom is 0.330 e. The highest BCUT2D eigenvalue weighted by Crippen LogP contribution is 2.46. The predicted molar refractivity (Wildman–Crippen MR) is 118 cm³/mol. The lowest BCUT2D eigenvalue weighted by atomic mass is 9.94. The second-order valence-electron chi connectivity index (χ2n) is 7.06. The molecule has 1 N–H and O–H groups in total. The van der Waals surface area contributed by atoms with Crippen molar-refractivity contribution in [3.63, 3.8) is 0 Å². The van der Waals surface area contributed by atoms with Crippen LogP contribution in [0.1, 0.15) is 12.5 Å². The number of ether oxygens (including phenoxy) is 1. The van der Waals surface area contributed by atoms with Gasteiger partial charge in [0.1, 0.15) is 24.1 Å². The first kappa shape index (κ1) is 23.0. The third kappa shape index (κ3) is 5.34. The number of amides is 2. The lowest BCUT2D eigenvalue weighted by Gasteiger charge is -2.56. The number of thioether (sulfide) groups is 1. The van der Waals surface area contributed by atoms with E-state index in [-0.39, 0.29) is 23.6 Å². The fraction of sp³-hybridized carbons (Fsp3) is 0.500. The van der Waals surface area contributed by atoms with Crippen LogP contribution in [0, 0.1) is 0 Å². The molecular weight excluding hydrogens is 527 g/mol. The molecule has 2 aliphatic rings. The summed E-state index contributed by atoms with van der Waals surface area (Å²) in [6, 6.07) is 7.67. The number of rotatable bonds is 5. The van der Waals surface area contributed by atoms with Crippen LogP contribution in [0.4, 0.5) is 0 Å². The maximum absolute atomic E-state index is 12.8.